The summed E-state index contributed by atoms with van der Waals surface area (Å²) in [6.07, 6.45) is 4.00. The summed E-state index contributed by atoms with van der Waals surface area (Å²) in [5.41, 5.74) is 0.590. The van der Waals surface area contributed by atoms with Gasteiger partial charge in [-0.15, -0.1) is 0 Å². The average molecular weight is 346 g/mol. The maximum atomic E-state index is 11.5. The molecule has 1 saturated heterocycles. The lowest BCUT2D eigenvalue weighted by Crippen LogP contribution is -2.35. The molecule has 4 rings (SSSR count). The highest BCUT2D eigenvalue weighted by Gasteiger charge is 2.34. The largest absolute Gasteiger partial charge is 0.351 e. The van der Waals surface area contributed by atoms with E-state index in [4.69, 9.17) is 4.52 Å². The van der Waals surface area contributed by atoms with Crippen molar-refractivity contribution in [2.75, 3.05) is 18.0 Å². The van der Waals surface area contributed by atoms with Crippen LogP contribution in [0.4, 0.5) is 11.5 Å². The fourth-order valence-electron chi connectivity index (χ4n) is 3.57. The van der Waals surface area contributed by atoms with Crippen LogP contribution in [-0.4, -0.2) is 37.9 Å². The highest BCUT2D eigenvalue weighted by Crippen LogP contribution is 2.40. The zero-order valence-corrected chi connectivity index (χ0v) is 14.5. The second-order valence-electron chi connectivity index (χ2n) is 6.86. The van der Waals surface area contributed by atoms with E-state index in [1.54, 1.807) is 11.6 Å². The highest BCUT2D eigenvalue weighted by atomic mass is 16.6. The van der Waals surface area contributed by atoms with E-state index in [0.717, 1.165) is 50.5 Å². The predicted octanol–water partition coefficient (Wildman–Crippen LogP) is 2.76. The first-order valence-corrected chi connectivity index (χ1v) is 8.88. The van der Waals surface area contributed by atoms with Crippen LogP contribution in [0, 0.1) is 17.0 Å². The van der Waals surface area contributed by atoms with Crippen LogP contribution >= 0.6 is 0 Å². The van der Waals surface area contributed by atoms with Gasteiger partial charge in [0.2, 0.25) is 11.7 Å². The lowest BCUT2D eigenvalue weighted by molar-refractivity contribution is -0.384. The molecule has 0 atom stereocenters. The quantitative estimate of drug-likeness (QED) is 0.605. The van der Waals surface area contributed by atoms with Gasteiger partial charge in [0.25, 0.3) is 0 Å². The average Bonchev–Trinajstić information content (AvgIpc) is 3.23. The van der Waals surface area contributed by atoms with Crippen molar-refractivity contribution in [3.05, 3.63) is 27.5 Å². The van der Waals surface area contributed by atoms with E-state index in [0.29, 0.717) is 24.0 Å². The molecule has 3 heterocycles. The summed E-state index contributed by atoms with van der Waals surface area (Å²) >= 11 is 0. The molecule has 0 N–H and O–H groups in total. The minimum absolute atomic E-state index is 0.121. The molecule has 2 fully saturated rings. The number of nitrogens with zero attached hydrogens (tertiary/aromatic N) is 6. The second-order valence-corrected chi connectivity index (χ2v) is 6.86. The molecule has 0 amide bonds. The molecule has 1 saturated carbocycles. The summed E-state index contributed by atoms with van der Waals surface area (Å²) in [5.74, 6) is 2.90. The van der Waals surface area contributed by atoms with Crippen molar-refractivity contribution in [3.8, 4) is 0 Å². The molecule has 9 heteroatoms. The first-order valence-electron chi connectivity index (χ1n) is 8.88. The van der Waals surface area contributed by atoms with Crippen molar-refractivity contribution in [1.82, 2.24) is 19.9 Å². The van der Waals surface area contributed by atoms with Gasteiger partial charge in [0.1, 0.15) is 5.69 Å². The van der Waals surface area contributed by atoms with Crippen LogP contribution in [0.15, 0.2) is 4.52 Å². The van der Waals surface area contributed by atoms with E-state index in [2.05, 4.69) is 20.1 Å². The van der Waals surface area contributed by atoms with Crippen LogP contribution < -0.4 is 4.90 Å². The van der Waals surface area contributed by atoms with E-state index >= 15 is 0 Å². The molecular weight excluding hydrogens is 324 g/mol. The normalized spacial score (nSPS) is 18.7. The number of nitro groups is 1. The molecule has 0 aromatic carbocycles. The monoisotopic (exact) mass is 346 g/mol. The Kier molecular flexibility index (Phi) is 3.93. The van der Waals surface area contributed by atoms with Crippen LogP contribution in [0.25, 0.3) is 0 Å². The number of aromatic nitrogens is 4. The number of hydrogen-bond acceptors (Lipinski definition) is 7. The number of hydrogen-bond donors (Lipinski definition) is 0. The van der Waals surface area contributed by atoms with Gasteiger partial charge in [-0.05, 0) is 39.5 Å². The SMILES string of the molecule is CCn1nc(C)c([N+](=O)[O-])c1N1CCC(c2noc(C3CC3)n2)CC1. The van der Waals surface area contributed by atoms with Crippen LogP contribution in [-0.2, 0) is 6.54 Å². The molecule has 134 valence electrons. The summed E-state index contributed by atoms with van der Waals surface area (Å²) in [7, 11) is 0. The van der Waals surface area contributed by atoms with Gasteiger partial charge < -0.3 is 9.42 Å². The number of rotatable bonds is 5. The summed E-state index contributed by atoms with van der Waals surface area (Å²) in [6, 6.07) is 0. The van der Waals surface area contributed by atoms with E-state index in [1.807, 2.05) is 6.92 Å². The maximum absolute atomic E-state index is 11.5. The summed E-state index contributed by atoms with van der Waals surface area (Å²) < 4.78 is 7.10. The molecule has 0 bridgehead atoms. The summed E-state index contributed by atoms with van der Waals surface area (Å²) in [4.78, 5) is 17.8. The standard InChI is InChI=1S/C16H22N6O3/c1-3-21-16(13(22(23)24)10(2)18-21)20-8-6-11(7-9-20)14-17-15(25-19-14)12-4-5-12/h11-12H,3-9H2,1-2H3. The zero-order chi connectivity index (χ0) is 17.6. The maximum Gasteiger partial charge on any atom is 0.333 e. The van der Waals surface area contributed by atoms with Gasteiger partial charge in [-0.25, -0.2) is 4.68 Å². The van der Waals surface area contributed by atoms with Gasteiger partial charge in [-0.3, -0.25) is 10.1 Å². The molecule has 2 aromatic heterocycles. The molecule has 1 aliphatic heterocycles. The second kappa shape index (κ2) is 6.12. The zero-order valence-electron chi connectivity index (χ0n) is 14.5. The Morgan fingerprint density at radius 3 is 2.56 bits per heavy atom. The van der Waals surface area contributed by atoms with E-state index in [1.165, 1.54) is 0 Å². The minimum Gasteiger partial charge on any atom is -0.351 e. The molecule has 2 aliphatic rings. The first-order chi connectivity index (χ1) is 12.1. The lowest BCUT2D eigenvalue weighted by Gasteiger charge is -2.31. The van der Waals surface area contributed by atoms with Crippen LogP contribution in [0.5, 0.6) is 0 Å². The van der Waals surface area contributed by atoms with Crippen molar-refractivity contribution < 1.29 is 9.45 Å². The third-order valence-corrected chi connectivity index (χ3v) is 5.10. The van der Waals surface area contributed by atoms with Crippen molar-refractivity contribution in [3.63, 3.8) is 0 Å². The van der Waals surface area contributed by atoms with E-state index < -0.39 is 0 Å². The van der Waals surface area contributed by atoms with Gasteiger partial charge in [-0.2, -0.15) is 10.1 Å². The Balaban J connectivity index is 1.50. The molecule has 9 nitrogen and oxygen atoms in total. The number of aryl methyl sites for hydroxylation is 2. The van der Waals surface area contributed by atoms with E-state index in [9.17, 15) is 10.1 Å². The van der Waals surface area contributed by atoms with Gasteiger partial charge >= 0.3 is 5.69 Å². The third-order valence-electron chi connectivity index (χ3n) is 5.10. The molecule has 1 aliphatic carbocycles. The third kappa shape index (κ3) is 2.87. The highest BCUT2D eigenvalue weighted by molar-refractivity contribution is 5.61. The molecule has 0 radical (unpaired) electrons. The topological polar surface area (TPSA) is 103 Å². The first kappa shape index (κ1) is 16.0. The fraction of sp³-hybridized carbons (Fsp3) is 0.688. The van der Waals surface area contributed by atoms with Gasteiger partial charge in [0.15, 0.2) is 5.82 Å². The Labute approximate surface area is 145 Å². The fourth-order valence-corrected chi connectivity index (χ4v) is 3.57. The number of anilines is 1. The minimum atomic E-state index is -0.322. The smallest absolute Gasteiger partial charge is 0.333 e. The Hall–Kier alpha value is -2.45. The summed E-state index contributed by atoms with van der Waals surface area (Å²) in [5, 5.41) is 19.9. The molecule has 0 spiro atoms. The van der Waals surface area contributed by atoms with Crippen LogP contribution in [0.1, 0.15) is 61.9 Å². The molecule has 25 heavy (non-hydrogen) atoms. The van der Waals surface area contributed by atoms with Crippen molar-refractivity contribution in [2.45, 2.75) is 57.9 Å². The van der Waals surface area contributed by atoms with E-state index in [-0.39, 0.29) is 16.5 Å². The summed E-state index contributed by atoms with van der Waals surface area (Å²) in [6.45, 7) is 5.71. The molecule has 2 aromatic rings. The van der Waals surface area contributed by atoms with Crippen molar-refractivity contribution in [1.29, 1.82) is 0 Å². The lowest BCUT2D eigenvalue weighted by atomic mass is 9.96. The predicted molar refractivity (Wildman–Crippen MR) is 89.8 cm³/mol. The van der Waals surface area contributed by atoms with Crippen molar-refractivity contribution >= 4 is 11.5 Å². The molecule has 0 unspecified atom stereocenters. The molecular formula is C16H22N6O3. The van der Waals surface area contributed by atoms with Gasteiger partial charge in [-0.1, -0.05) is 5.16 Å². The Morgan fingerprint density at radius 2 is 1.96 bits per heavy atom. The van der Waals surface area contributed by atoms with Gasteiger partial charge in [0, 0.05) is 31.5 Å². The van der Waals surface area contributed by atoms with Crippen LogP contribution in [0.2, 0.25) is 0 Å². The van der Waals surface area contributed by atoms with Crippen molar-refractivity contribution in [2.24, 2.45) is 0 Å². The Bertz CT molecular complexity index is 786. The number of piperidine rings is 1. The Morgan fingerprint density at radius 1 is 1.24 bits per heavy atom. The van der Waals surface area contributed by atoms with Crippen LogP contribution in [0.3, 0.4) is 0 Å². The van der Waals surface area contributed by atoms with Gasteiger partial charge in [0.05, 0.1) is 4.92 Å².